The molecule has 4 rings (SSSR count). The Balaban J connectivity index is 1.88. The first-order valence-electron chi connectivity index (χ1n) is 7.99. The molecule has 0 saturated heterocycles. The standard InChI is InChI=1S/C19H13Cl2N5O/c1-27-13-3-5-17-14(9-13)19(24-12-2-4-15(20)16(21)8-12)26-18(25-17)11-6-7-22-23-10-11/h2-10H,1H3,(H,24,25,26). The summed E-state index contributed by atoms with van der Waals surface area (Å²) in [4.78, 5) is 9.31. The van der Waals surface area contributed by atoms with E-state index in [1.807, 2.05) is 24.3 Å². The van der Waals surface area contributed by atoms with Crippen LogP contribution in [0.4, 0.5) is 11.5 Å². The normalized spacial score (nSPS) is 10.8. The molecule has 0 amide bonds. The van der Waals surface area contributed by atoms with Crippen molar-refractivity contribution in [2.45, 2.75) is 0 Å². The van der Waals surface area contributed by atoms with Crippen LogP contribution in [0, 0.1) is 0 Å². The Hall–Kier alpha value is -2.96. The third-order valence-corrected chi connectivity index (χ3v) is 4.67. The average Bonchev–Trinajstić information content (AvgIpc) is 2.71. The number of anilines is 2. The smallest absolute Gasteiger partial charge is 0.163 e. The van der Waals surface area contributed by atoms with Crippen molar-refractivity contribution < 1.29 is 4.74 Å². The third kappa shape index (κ3) is 3.63. The fourth-order valence-corrected chi connectivity index (χ4v) is 2.89. The van der Waals surface area contributed by atoms with E-state index in [-0.39, 0.29) is 0 Å². The Morgan fingerprint density at radius 3 is 2.56 bits per heavy atom. The molecule has 0 aliphatic heterocycles. The Morgan fingerprint density at radius 2 is 1.81 bits per heavy atom. The molecule has 0 aliphatic carbocycles. The first kappa shape index (κ1) is 17.5. The molecule has 4 aromatic rings. The zero-order valence-corrected chi connectivity index (χ0v) is 15.7. The summed E-state index contributed by atoms with van der Waals surface area (Å²) in [7, 11) is 1.62. The summed E-state index contributed by atoms with van der Waals surface area (Å²) in [6.07, 6.45) is 3.22. The van der Waals surface area contributed by atoms with Crippen molar-refractivity contribution in [3.63, 3.8) is 0 Å². The molecule has 0 saturated carbocycles. The summed E-state index contributed by atoms with van der Waals surface area (Å²) in [6.45, 7) is 0. The number of hydrogen-bond donors (Lipinski definition) is 1. The van der Waals surface area contributed by atoms with Crippen LogP contribution in [-0.2, 0) is 0 Å². The van der Waals surface area contributed by atoms with Crippen LogP contribution >= 0.6 is 23.2 Å². The Labute approximate surface area is 165 Å². The molecular weight excluding hydrogens is 385 g/mol. The van der Waals surface area contributed by atoms with Gasteiger partial charge in [0.2, 0.25) is 0 Å². The van der Waals surface area contributed by atoms with Gasteiger partial charge in [-0.2, -0.15) is 10.2 Å². The van der Waals surface area contributed by atoms with Crippen molar-refractivity contribution in [1.82, 2.24) is 20.2 Å². The van der Waals surface area contributed by atoms with Crippen LogP contribution in [0.1, 0.15) is 0 Å². The summed E-state index contributed by atoms with van der Waals surface area (Å²) >= 11 is 12.1. The molecule has 6 nitrogen and oxygen atoms in total. The Bertz CT molecular complexity index is 1120. The minimum Gasteiger partial charge on any atom is -0.497 e. The Morgan fingerprint density at radius 1 is 0.926 bits per heavy atom. The lowest BCUT2D eigenvalue weighted by Crippen LogP contribution is -2.00. The number of methoxy groups -OCH3 is 1. The predicted octanol–water partition coefficient (Wildman–Crippen LogP) is 5.15. The molecule has 0 radical (unpaired) electrons. The number of fused-ring (bicyclic) bond motifs is 1. The minimum absolute atomic E-state index is 0.455. The number of nitrogens with zero attached hydrogens (tertiary/aromatic N) is 4. The van der Waals surface area contributed by atoms with Gasteiger partial charge in [0.25, 0.3) is 0 Å². The van der Waals surface area contributed by atoms with Gasteiger partial charge in [0.1, 0.15) is 11.6 Å². The largest absolute Gasteiger partial charge is 0.497 e. The average molecular weight is 398 g/mol. The molecule has 2 aromatic carbocycles. The lowest BCUT2D eigenvalue weighted by atomic mass is 10.2. The second-order valence-corrected chi connectivity index (χ2v) is 6.48. The van der Waals surface area contributed by atoms with Crippen LogP contribution in [0.5, 0.6) is 5.75 Å². The van der Waals surface area contributed by atoms with Crippen LogP contribution in [0.15, 0.2) is 54.9 Å². The minimum atomic E-state index is 0.455. The van der Waals surface area contributed by atoms with Crippen molar-refractivity contribution in [2.75, 3.05) is 12.4 Å². The SMILES string of the molecule is COc1ccc2nc(-c3ccnnc3)nc(Nc3ccc(Cl)c(Cl)c3)c2c1. The van der Waals surface area contributed by atoms with Crippen molar-refractivity contribution in [2.24, 2.45) is 0 Å². The van der Waals surface area contributed by atoms with Gasteiger partial charge in [0, 0.05) is 16.6 Å². The van der Waals surface area contributed by atoms with Gasteiger partial charge in [0.15, 0.2) is 5.82 Å². The number of nitrogens with one attached hydrogen (secondary N) is 1. The zero-order chi connectivity index (χ0) is 18.8. The number of rotatable bonds is 4. The van der Waals surface area contributed by atoms with Crippen LogP contribution in [0.2, 0.25) is 10.0 Å². The van der Waals surface area contributed by atoms with Gasteiger partial charge in [-0.3, -0.25) is 0 Å². The maximum Gasteiger partial charge on any atom is 0.163 e. The highest BCUT2D eigenvalue weighted by atomic mass is 35.5. The number of aromatic nitrogens is 4. The molecule has 134 valence electrons. The number of hydrogen-bond acceptors (Lipinski definition) is 6. The quantitative estimate of drug-likeness (QED) is 0.513. The van der Waals surface area contributed by atoms with Gasteiger partial charge in [-0.15, -0.1) is 0 Å². The summed E-state index contributed by atoms with van der Waals surface area (Å²) in [5.41, 5.74) is 2.28. The molecule has 0 unspecified atom stereocenters. The molecule has 2 heterocycles. The lowest BCUT2D eigenvalue weighted by Gasteiger charge is -2.12. The van der Waals surface area contributed by atoms with Crippen LogP contribution in [-0.4, -0.2) is 27.3 Å². The first-order valence-corrected chi connectivity index (χ1v) is 8.74. The number of benzene rings is 2. The summed E-state index contributed by atoms with van der Waals surface area (Å²) in [5.74, 6) is 1.86. The van der Waals surface area contributed by atoms with Crippen LogP contribution in [0.25, 0.3) is 22.3 Å². The van der Waals surface area contributed by atoms with E-state index in [1.54, 1.807) is 37.7 Å². The van der Waals surface area contributed by atoms with Crippen LogP contribution in [0.3, 0.4) is 0 Å². The Kier molecular flexibility index (Phi) is 4.75. The molecule has 0 aliphatic rings. The highest BCUT2D eigenvalue weighted by Gasteiger charge is 2.12. The fraction of sp³-hybridized carbons (Fsp3) is 0.0526. The maximum atomic E-state index is 6.13. The van der Waals surface area contributed by atoms with E-state index in [2.05, 4.69) is 25.5 Å². The lowest BCUT2D eigenvalue weighted by molar-refractivity contribution is 0.415. The second-order valence-electron chi connectivity index (χ2n) is 5.66. The van der Waals surface area contributed by atoms with Crippen molar-refractivity contribution in [3.05, 3.63) is 64.9 Å². The predicted molar refractivity (Wildman–Crippen MR) is 107 cm³/mol. The molecule has 0 atom stereocenters. The summed E-state index contributed by atoms with van der Waals surface area (Å²) in [6, 6.07) is 12.7. The second kappa shape index (κ2) is 7.34. The maximum absolute atomic E-state index is 6.13. The van der Waals surface area contributed by atoms with Crippen LogP contribution < -0.4 is 10.1 Å². The molecule has 1 N–H and O–H groups in total. The molecule has 27 heavy (non-hydrogen) atoms. The highest BCUT2D eigenvalue weighted by molar-refractivity contribution is 6.42. The molecule has 0 bridgehead atoms. The monoisotopic (exact) mass is 397 g/mol. The first-order chi connectivity index (χ1) is 13.1. The van der Waals surface area contributed by atoms with E-state index in [9.17, 15) is 0 Å². The molecule has 2 aromatic heterocycles. The number of ether oxygens (including phenoxy) is 1. The van der Waals surface area contributed by atoms with E-state index in [1.165, 1.54) is 0 Å². The molecular formula is C19H13Cl2N5O. The van der Waals surface area contributed by atoms with Crippen molar-refractivity contribution in [1.29, 1.82) is 0 Å². The van der Waals surface area contributed by atoms with E-state index in [0.717, 1.165) is 22.2 Å². The molecule has 0 spiro atoms. The van der Waals surface area contributed by atoms with E-state index < -0.39 is 0 Å². The zero-order valence-electron chi connectivity index (χ0n) is 14.1. The van der Waals surface area contributed by atoms with E-state index in [4.69, 9.17) is 27.9 Å². The van der Waals surface area contributed by atoms with Gasteiger partial charge in [-0.25, -0.2) is 9.97 Å². The molecule has 0 fully saturated rings. The summed E-state index contributed by atoms with van der Waals surface area (Å²) in [5, 5.41) is 12.7. The van der Waals surface area contributed by atoms with Crippen molar-refractivity contribution in [3.8, 4) is 17.1 Å². The number of halogens is 2. The van der Waals surface area contributed by atoms with Gasteiger partial charge in [-0.05, 0) is 42.5 Å². The van der Waals surface area contributed by atoms with Gasteiger partial charge in [-0.1, -0.05) is 23.2 Å². The van der Waals surface area contributed by atoms with Crippen molar-refractivity contribution >= 4 is 45.6 Å². The topological polar surface area (TPSA) is 72.8 Å². The van der Waals surface area contributed by atoms with Gasteiger partial charge >= 0.3 is 0 Å². The van der Waals surface area contributed by atoms with E-state index >= 15 is 0 Å². The summed E-state index contributed by atoms with van der Waals surface area (Å²) < 4.78 is 5.34. The van der Waals surface area contributed by atoms with Gasteiger partial charge < -0.3 is 10.1 Å². The molecule has 8 heteroatoms. The third-order valence-electron chi connectivity index (χ3n) is 3.93. The highest BCUT2D eigenvalue weighted by Crippen LogP contribution is 2.32. The van der Waals surface area contributed by atoms with E-state index in [0.29, 0.717) is 27.4 Å². The fourth-order valence-electron chi connectivity index (χ4n) is 2.59. The van der Waals surface area contributed by atoms with Gasteiger partial charge in [0.05, 0.1) is 35.1 Å².